The van der Waals surface area contributed by atoms with Crippen LogP contribution in [0.15, 0.2) is 224 Å². The summed E-state index contributed by atoms with van der Waals surface area (Å²) in [7, 11) is 0. The van der Waals surface area contributed by atoms with Crippen LogP contribution in [0.3, 0.4) is 0 Å². The highest BCUT2D eigenvalue weighted by atomic mass is 15.1. The van der Waals surface area contributed by atoms with Gasteiger partial charge in [0.15, 0.2) is 0 Å². The molecule has 0 bridgehead atoms. The van der Waals surface area contributed by atoms with Crippen molar-refractivity contribution in [3.63, 3.8) is 0 Å². The van der Waals surface area contributed by atoms with Gasteiger partial charge >= 0.3 is 0 Å². The molecular weight excluding hydrogens is 915 g/mol. The van der Waals surface area contributed by atoms with Gasteiger partial charge < -0.3 is 4.90 Å². The van der Waals surface area contributed by atoms with Gasteiger partial charge in [-0.15, -0.1) is 0 Å². The summed E-state index contributed by atoms with van der Waals surface area (Å²) in [4.78, 5) is 2.62. The molecule has 76 heavy (non-hydrogen) atoms. The van der Waals surface area contributed by atoms with E-state index in [1.165, 1.54) is 117 Å². The summed E-state index contributed by atoms with van der Waals surface area (Å²) < 4.78 is 0. The van der Waals surface area contributed by atoms with Crippen LogP contribution in [0.4, 0.5) is 17.1 Å². The normalized spacial score (nSPS) is 16.8. The second-order valence-electron chi connectivity index (χ2n) is 24.8. The maximum absolute atomic E-state index is 2.62. The lowest BCUT2D eigenvalue weighted by atomic mass is 9.66. The first kappa shape index (κ1) is 46.5. The molecule has 0 heterocycles. The fourth-order valence-corrected chi connectivity index (χ4v) is 14.7. The molecule has 1 spiro atoms. The topological polar surface area (TPSA) is 3.24 Å². The molecule has 1 unspecified atom stereocenters. The number of hydrogen-bond donors (Lipinski definition) is 0. The van der Waals surface area contributed by atoms with Crippen LogP contribution in [0.25, 0.3) is 44.5 Å². The average Bonchev–Trinajstić information content (AvgIpc) is 4.30. The molecule has 14 rings (SSSR count). The maximum atomic E-state index is 2.62. The van der Waals surface area contributed by atoms with Gasteiger partial charge in [0.25, 0.3) is 0 Å². The number of fused-ring (bicyclic) bond motifs is 13. The van der Waals surface area contributed by atoms with Gasteiger partial charge in [0.05, 0.1) is 11.1 Å². The fourth-order valence-electron chi connectivity index (χ4n) is 14.7. The second kappa shape index (κ2) is 16.5. The van der Waals surface area contributed by atoms with Crippen molar-refractivity contribution >= 4 is 17.1 Å². The summed E-state index contributed by atoms with van der Waals surface area (Å²) in [6.07, 6.45) is 2.10. The first-order chi connectivity index (χ1) is 36.7. The van der Waals surface area contributed by atoms with Crippen molar-refractivity contribution in [2.75, 3.05) is 4.90 Å². The van der Waals surface area contributed by atoms with Crippen molar-refractivity contribution in [3.05, 3.63) is 291 Å². The molecule has 10 aromatic carbocycles. The smallest absolute Gasteiger partial charge is 0.0714 e. The van der Waals surface area contributed by atoms with Gasteiger partial charge in [-0.3, -0.25) is 0 Å². The Hall–Kier alpha value is -8.00. The van der Waals surface area contributed by atoms with E-state index in [9.17, 15) is 0 Å². The van der Waals surface area contributed by atoms with E-state index < -0.39 is 5.41 Å². The first-order valence-corrected chi connectivity index (χ1v) is 27.6. The van der Waals surface area contributed by atoms with Gasteiger partial charge in [0, 0.05) is 27.8 Å². The van der Waals surface area contributed by atoms with Gasteiger partial charge in [0.2, 0.25) is 0 Å². The highest BCUT2D eigenvalue weighted by Gasteiger charge is 2.50. The van der Waals surface area contributed by atoms with E-state index >= 15 is 0 Å². The molecule has 4 aliphatic rings. The van der Waals surface area contributed by atoms with Crippen molar-refractivity contribution in [2.24, 2.45) is 0 Å². The Balaban J connectivity index is 1.06. The molecule has 0 radical (unpaired) electrons. The quantitative estimate of drug-likeness (QED) is 0.160. The molecule has 0 aliphatic heterocycles. The molecule has 0 N–H and O–H groups in total. The highest BCUT2D eigenvalue weighted by Crippen LogP contribution is 2.63. The van der Waals surface area contributed by atoms with Crippen molar-refractivity contribution in [2.45, 2.75) is 95.3 Å². The van der Waals surface area contributed by atoms with E-state index in [4.69, 9.17) is 0 Å². The van der Waals surface area contributed by atoms with Gasteiger partial charge in [0.1, 0.15) is 0 Å². The summed E-state index contributed by atoms with van der Waals surface area (Å²) in [5, 5.41) is 0. The number of aryl methyl sites for hydroxylation is 1. The van der Waals surface area contributed by atoms with Crippen LogP contribution in [-0.4, -0.2) is 0 Å². The van der Waals surface area contributed by atoms with Crippen molar-refractivity contribution in [1.29, 1.82) is 0 Å². The zero-order chi connectivity index (χ0) is 51.9. The highest BCUT2D eigenvalue weighted by molar-refractivity contribution is 5.99. The summed E-state index contributed by atoms with van der Waals surface area (Å²) >= 11 is 0. The average molecular weight is 980 g/mol. The Labute approximate surface area is 450 Å². The molecule has 4 aliphatic carbocycles. The van der Waals surface area contributed by atoms with E-state index in [1.807, 2.05) is 0 Å². The van der Waals surface area contributed by atoms with Crippen LogP contribution in [0.2, 0.25) is 0 Å². The third-order valence-electron chi connectivity index (χ3n) is 18.3. The van der Waals surface area contributed by atoms with Crippen LogP contribution in [0.1, 0.15) is 129 Å². The largest absolute Gasteiger partial charge is 0.310 e. The minimum absolute atomic E-state index is 0.0453. The molecule has 0 fully saturated rings. The third-order valence-corrected chi connectivity index (χ3v) is 18.3. The monoisotopic (exact) mass is 980 g/mol. The van der Waals surface area contributed by atoms with Crippen molar-refractivity contribution in [3.8, 4) is 44.5 Å². The van der Waals surface area contributed by atoms with Crippen LogP contribution in [0, 0.1) is 0 Å². The molecule has 10 aromatic rings. The number of anilines is 3. The number of hydrogen-bond acceptors (Lipinski definition) is 1. The van der Waals surface area contributed by atoms with Crippen LogP contribution < -0.4 is 4.90 Å². The van der Waals surface area contributed by atoms with Gasteiger partial charge in [-0.25, -0.2) is 0 Å². The molecule has 1 nitrogen and oxygen atoms in total. The number of benzene rings is 10. The van der Waals surface area contributed by atoms with E-state index in [0.717, 1.165) is 24.2 Å². The minimum Gasteiger partial charge on any atom is -0.310 e. The number of nitrogens with zero attached hydrogens (tertiary/aromatic N) is 1. The van der Waals surface area contributed by atoms with Crippen molar-refractivity contribution < 1.29 is 0 Å². The molecule has 370 valence electrons. The van der Waals surface area contributed by atoms with Crippen LogP contribution >= 0.6 is 0 Å². The SMILES string of the molecule is CC(C)(C)c1cccc(C2(c3cccc(C(C)(C)C)c3)c3ccccc3-c3c(N(c4cccc(-c5cccc6c5C(C)(C)c5ccccc5-6)c4)c4ccc5c(c4)C4(CCc6ccccc64)c4ccccc4-5)cccc32)c1. The Bertz CT molecular complexity index is 3960. The Morgan fingerprint density at radius 3 is 1.62 bits per heavy atom. The van der Waals surface area contributed by atoms with Crippen LogP contribution in [-0.2, 0) is 33.5 Å². The first-order valence-electron chi connectivity index (χ1n) is 27.6. The lowest BCUT2D eigenvalue weighted by molar-refractivity contribution is 0.585. The van der Waals surface area contributed by atoms with E-state index in [0.29, 0.717) is 0 Å². The summed E-state index contributed by atoms with van der Waals surface area (Å²) in [6.45, 7) is 18.8. The zero-order valence-corrected chi connectivity index (χ0v) is 45.2. The summed E-state index contributed by atoms with van der Waals surface area (Å²) in [5.74, 6) is 0. The van der Waals surface area contributed by atoms with Crippen molar-refractivity contribution in [1.82, 2.24) is 0 Å². The number of rotatable bonds is 6. The Kier molecular flexibility index (Phi) is 10.1. The lowest BCUT2D eigenvalue weighted by Crippen LogP contribution is -2.30. The molecule has 0 saturated carbocycles. The second-order valence-corrected chi connectivity index (χ2v) is 24.8. The summed E-state index contributed by atoms with van der Waals surface area (Å²) in [6, 6.07) is 86.9. The zero-order valence-electron chi connectivity index (χ0n) is 45.2. The van der Waals surface area contributed by atoms with E-state index in [2.05, 4.69) is 285 Å². The standard InChI is InChI=1S/C75H65N/c1-71(2,3)50-24-18-26-52(45-50)75(53-27-19-25-51(46-53)72(4,5)6)65-37-16-12-31-61(65)69-66(75)38-21-39-68(69)76(54-28-17-23-49(44-54)56-32-20-33-60-58-30-10-14-35-63(58)73(7,8)70(56)60)55-40-41-59-57-29-11-15-36-64(57)74(67(59)47-55)43-42-48-22-9-13-34-62(48)74/h9-41,44-47H,42-43H2,1-8H3. The Morgan fingerprint density at radius 2 is 0.908 bits per heavy atom. The molecule has 1 atom stereocenters. The van der Waals surface area contributed by atoms with Crippen LogP contribution in [0.5, 0.6) is 0 Å². The van der Waals surface area contributed by atoms with Gasteiger partial charge in [-0.2, -0.15) is 0 Å². The fraction of sp³-hybridized carbons (Fsp3) is 0.200. The van der Waals surface area contributed by atoms with Gasteiger partial charge in [-0.05, 0) is 160 Å². The van der Waals surface area contributed by atoms with E-state index in [1.54, 1.807) is 0 Å². The molecular formula is C75H65N. The maximum Gasteiger partial charge on any atom is 0.0714 e. The van der Waals surface area contributed by atoms with Gasteiger partial charge in [-0.1, -0.05) is 250 Å². The summed E-state index contributed by atoms with van der Waals surface area (Å²) in [5.41, 5.74) is 29.1. The predicted octanol–water partition coefficient (Wildman–Crippen LogP) is 19.3. The minimum atomic E-state index is -0.611. The molecule has 0 saturated heterocycles. The predicted molar refractivity (Wildman–Crippen MR) is 319 cm³/mol. The third kappa shape index (κ3) is 6.51. The van der Waals surface area contributed by atoms with E-state index in [-0.39, 0.29) is 21.7 Å². The Morgan fingerprint density at radius 1 is 0.382 bits per heavy atom. The molecule has 0 aromatic heterocycles. The molecule has 1 heteroatoms. The molecule has 0 amide bonds. The lowest BCUT2D eigenvalue weighted by Gasteiger charge is -2.36.